The predicted molar refractivity (Wildman–Crippen MR) is 139 cm³/mol. The molecule has 6 nitrogen and oxygen atoms in total. The minimum absolute atomic E-state index is 0.00583. The Bertz CT molecular complexity index is 1150. The Hall–Kier alpha value is -2.87. The Morgan fingerprint density at radius 2 is 1.56 bits per heavy atom. The fourth-order valence-corrected chi connectivity index (χ4v) is 4.96. The molecule has 0 aliphatic carbocycles. The van der Waals surface area contributed by atoms with E-state index < -0.39 is 0 Å². The average Bonchev–Trinajstić information content (AvgIpc) is 3.14. The lowest BCUT2D eigenvalue weighted by molar-refractivity contribution is -0.117. The molecule has 3 aromatic rings. The number of rotatable bonds is 8. The van der Waals surface area contributed by atoms with Crippen molar-refractivity contribution in [3.05, 3.63) is 77.6 Å². The molecule has 178 valence electrons. The number of aryl methyl sites for hydroxylation is 1. The summed E-state index contributed by atoms with van der Waals surface area (Å²) in [6.07, 6.45) is 2.07. The number of carbonyl (C=O) groups is 2. The van der Waals surface area contributed by atoms with Crippen LogP contribution >= 0.6 is 11.8 Å². The predicted octanol–water partition coefficient (Wildman–Crippen LogP) is 4.26. The molecule has 1 amide bonds. The van der Waals surface area contributed by atoms with E-state index in [9.17, 15) is 9.59 Å². The number of para-hydroxylation sites is 1. The Balaban J connectivity index is 1.32. The summed E-state index contributed by atoms with van der Waals surface area (Å²) in [6, 6.07) is 19.9. The first kappa shape index (κ1) is 24.3. The summed E-state index contributed by atoms with van der Waals surface area (Å²) in [5.74, 6) is 0.143. The highest BCUT2D eigenvalue weighted by atomic mass is 32.2. The summed E-state index contributed by atoms with van der Waals surface area (Å²) in [5.41, 5.74) is 4.74. The second-order valence-electron chi connectivity index (χ2n) is 8.71. The summed E-state index contributed by atoms with van der Waals surface area (Å²) in [7, 11) is 0. The molecular weight excluding hydrogens is 444 g/mol. The minimum atomic E-state index is -0.00583. The van der Waals surface area contributed by atoms with E-state index in [2.05, 4.69) is 57.1 Å². The molecule has 0 unspecified atom stereocenters. The number of piperazine rings is 1. The molecule has 0 bridgehead atoms. The van der Waals surface area contributed by atoms with Gasteiger partial charge in [-0.25, -0.2) is 0 Å². The molecule has 0 radical (unpaired) electrons. The maximum Gasteiger partial charge on any atom is 0.238 e. The largest absolute Gasteiger partial charge is 0.325 e. The van der Waals surface area contributed by atoms with Gasteiger partial charge in [0, 0.05) is 59.4 Å². The van der Waals surface area contributed by atoms with E-state index in [1.807, 2.05) is 43.3 Å². The number of thioether (sulfide) groups is 1. The maximum atomic E-state index is 13.2. The van der Waals surface area contributed by atoms with Crippen molar-refractivity contribution in [2.45, 2.75) is 18.7 Å². The SMILES string of the molecule is CSc1cccc(-n2c(C)cc(C(=O)CN3CCN(CC(=O)Nc4ccccc4)CC3)c2C)c1. The van der Waals surface area contributed by atoms with Gasteiger partial charge < -0.3 is 9.88 Å². The van der Waals surface area contributed by atoms with Crippen LogP contribution in [0.5, 0.6) is 0 Å². The van der Waals surface area contributed by atoms with Crippen LogP contribution < -0.4 is 5.32 Å². The lowest BCUT2D eigenvalue weighted by Crippen LogP contribution is -2.49. The van der Waals surface area contributed by atoms with E-state index in [1.165, 1.54) is 4.90 Å². The van der Waals surface area contributed by atoms with Gasteiger partial charge >= 0.3 is 0 Å². The zero-order valence-corrected chi connectivity index (χ0v) is 20.9. The molecule has 1 saturated heterocycles. The summed E-state index contributed by atoms with van der Waals surface area (Å²) >= 11 is 1.71. The number of nitrogens with zero attached hydrogens (tertiary/aromatic N) is 3. The second kappa shape index (κ2) is 11.0. The number of carbonyl (C=O) groups excluding carboxylic acids is 2. The van der Waals surface area contributed by atoms with Gasteiger partial charge in [0.2, 0.25) is 5.91 Å². The number of anilines is 1. The van der Waals surface area contributed by atoms with Gasteiger partial charge in [0.1, 0.15) is 0 Å². The van der Waals surface area contributed by atoms with Gasteiger partial charge in [0.15, 0.2) is 5.78 Å². The van der Waals surface area contributed by atoms with Crippen LogP contribution in [0.4, 0.5) is 5.69 Å². The van der Waals surface area contributed by atoms with Crippen LogP contribution in [0.15, 0.2) is 65.6 Å². The van der Waals surface area contributed by atoms with Crippen LogP contribution in [0.3, 0.4) is 0 Å². The van der Waals surface area contributed by atoms with Crippen LogP contribution in [0, 0.1) is 13.8 Å². The van der Waals surface area contributed by atoms with Crippen molar-refractivity contribution in [3.8, 4) is 5.69 Å². The molecule has 7 heteroatoms. The Morgan fingerprint density at radius 1 is 0.882 bits per heavy atom. The zero-order valence-electron chi connectivity index (χ0n) is 20.1. The smallest absolute Gasteiger partial charge is 0.238 e. The number of ketones is 1. The standard InChI is InChI=1S/C27H32N4O2S/c1-20-16-25(21(2)31(20)23-10-7-11-24(17-23)34-3)26(32)18-29-12-14-30(15-13-29)19-27(33)28-22-8-5-4-6-9-22/h4-11,16-17H,12-15,18-19H2,1-3H3,(H,28,33). The van der Waals surface area contributed by atoms with Crippen molar-refractivity contribution in [1.82, 2.24) is 14.4 Å². The molecule has 2 aromatic carbocycles. The normalized spacial score (nSPS) is 14.8. The Labute approximate surface area is 205 Å². The lowest BCUT2D eigenvalue weighted by atomic mass is 10.1. The van der Waals surface area contributed by atoms with Gasteiger partial charge in [-0.2, -0.15) is 0 Å². The molecule has 34 heavy (non-hydrogen) atoms. The van der Waals surface area contributed by atoms with Crippen LogP contribution in [-0.4, -0.2) is 71.6 Å². The second-order valence-corrected chi connectivity index (χ2v) is 9.59. The maximum absolute atomic E-state index is 13.2. The highest BCUT2D eigenvalue weighted by Gasteiger charge is 2.23. The molecule has 1 aliphatic rings. The first-order valence-corrected chi connectivity index (χ1v) is 12.8. The molecule has 1 aromatic heterocycles. The number of aromatic nitrogens is 1. The quantitative estimate of drug-likeness (QED) is 0.389. The van der Waals surface area contributed by atoms with Gasteiger partial charge in [-0.05, 0) is 56.5 Å². The number of amides is 1. The van der Waals surface area contributed by atoms with Crippen molar-refractivity contribution in [2.24, 2.45) is 0 Å². The topological polar surface area (TPSA) is 57.6 Å². The van der Waals surface area contributed by atoms with E-state index in [0.29, 0.717) is 13.1 Å². The molecular formula is C27H32N4O2S. The zero-order chi connectivity index (χ0) is 24.1. The number of nitrogens with one attached hydrogen (secondary N) is 1. The lowest BCUT2D eigenvalue weighted by Gasteiger charge is -2.33. The third kappa shape index (κ3) is 5.78. The van der Waals surface area contributed by atoms with Crippen LogP contribution in [-0.2, 0) is 4.79 Å². The van der Waals surface area contributed by atoms with Crippen molar-refractivity contribution < 1.29 is 9.59 Å². The summed E-state index contributed by atoms with van der Waals surface area (Å²) < 4.78 is 2.16. The van der Waals surface area contributed by atoms with E-state index in [4.69, 9.17) is 0 Å². The fourth-order valence-electron chi connectivity index (χ4n) is 4.51. The third-order valence-electron chi connectivity index (χ3n) is 6.30. The van der Waals surface area contributed by atoms with E-state index in [0.717, 1.165) is 54.5 Å². The van der Waals surface area contributed by atoms with Crippen molar-refractivity contribution in [1.29, 1.82) is 0 Å². The van der Waals surface area contributed by atoms with E-state index in [1.54, 1.807) is 11.8 Å². The molecule has 1 fully saturated rings. The number of hydrogen-bond donors (Lipinski definition) is 1. The summed E-state index contributed by atoms with van der Waals surface area (Å²) in [5, 5.41) is 2.94. The summed E-state index contributed by atoms with van der Waals surface area (Å²) in [6.45, 7) is 7.94. The molecule has 4 rings (SSSR count). The van der Waals surface area contributed by atoms with Crippen molar-refractivity contribution >= 4 is 29.1 Å². The molecule has 2 heterocycles. The van der Waals surface area contributed by atoms with Gasteiger partial charge in [-0.3, -0.25) is 19.4 Å². The Kier molecular flexibility index (Phi) is 7.88. The monoisotopic (exact) mass is 476 g/mol. The van der Waals surface area contributed by atoms with E-state index >= 15 is 0 Å². The molecule has 0 saturated carbocycles. The number of benzene rings is 2. The minimum Gasteiger partial charge on any atom is -0.325 e. The van der Waals surface area contributed by atoms with Crippen LogP contribution in [0.2, 0.25) is 0 Å². The van der Waals surface area contributed by atoms with Crippen LogP contribution in [0.1, 0.15) is 21.7 Å². The fraction of sp³-hybridized carbons (Fsp3) is 0.333. The van der Waals surface area contributed by atoms with Crippen molar-refractivity contribution in [3.63, 3.8) is 0 Å². The first-order valence-electron chi connectivity index (χ1n) is 11.6. The van der Waals surface area contributed by atoms with Gasteiger partial charge in [-0.1, -0.05) is 24.3 Å². The van der Waals surface area contributed by atoms with Crippen LogP contribution in [0.25, 0.3) is 5.69 Å². The molecule has 0 spiro atoms. The van der Waals surface area contributed by atoms with Gasteiger partial charge in [0.05, 0.1) is 13.1 Å². The number of Topliss-reactive ketones (excluding diaryl/α,β-unsaturated/α-hetero) is 1. The highest BCUT2D eigenvalue weighted by Crippen LogP contribution is 2.25. The van der Waals surface area contributed by atoms with Gasteiger partial charge in [-0.15, -0.1) is 11.8 Å². The summed E-state index contributed by atoms with van der Waals surface area (Å²) in [4.78, 5) is 31.0. The average molecular weight is 477 g/mol. The third-order valence-corrected chi connectivity index (χ3v) is 7.03. The Morgan fingerprint density at radius 3 is 2.24 bits per heavy atom. The van der Waals surface area contributed by atoms with E-state index in [-0.39, 0.29) is 11.7 Å². The number of hydrogen-bond acceptors (Lipinski definition) is 5. The molecule has 1 aliphatic heterocycles. The first-order chi connectivity index (χ1) is 16.4. The highest BCUT2D eigenvalue weighted by molar-refractivity contribution is 7.98. The molecule has 0 atom stereocenters. The van der Waals surface area contributed by atoms with Crippen molar-refractivity contribution in [2.75, 3.05) is 50.8 Å². The molecule has 1 N–H and O–H groups in total. The van der Waals surface area contributed by atoms with Gasteiger partial charge in [0.25, 0.3) is 0 Å².